The van der Waals surface area contributed by atoms with Crippen molar-refractivity contribution in [3.05, 3.63) is 94.5 Å². The molecule has 3 aromatic carbocycles. The Balaban J connectivity index is 1.19. The van der Waals surface area contributed by atoms with Crippen molar-refractivity contribution in [1.29, 1.82) is 0 Å². The Bertz CT molecular complexity index is 1310. The zero-order valence-corrected chi connectivity index (χ0v) is 19.9. The number of carbonyl (C=O) groups excluding carboxylic acids is 3. The summed E-state index contributed by atoms with van der Waals surface area (Å²) in [5, 5.41) is 16.0. The molecular formula is C29H29N3O4. The van der Waals surface area contributed by atoms with E-state index in [0.29, 0.717) is 34.4 Å². The first-order valence-electron chi connectivity index (χ1n) is 12.3. The lowest BCUT2D eigenvalue weighted by molar-refractivity contribution is -0.123. The Hall–Kier alpha value is -3.97. The molecule has 0 bridgehead atoms. The molecule has 0 radical (unpaired) electrons. The minimum absolute atomic E-state index is 0.0428. The summed E-state index contributed by atoms with van der Waals surface area (Å²) in [7, 11) is 0. The van der Waals surface area contributed by atoms with E-state index in [0.717, 1.165) is 31.2 Å². The first-order valence-corrected chi connectivity index (χ1v) is 12.3. The van der Waals surface area contributed by atoms with Gasteiger partial charge in [0.15, 0.2) is 11.6 Å². The molecule has 36 heavy (non-hydrogen) atoms. The first-order chi connectivity index (χ1) is 17.4. The summed E-state index contributed by atoms with van der Waals surface area (Å²) in [5.74, 6) is -0.260. The van der Waals surface area contributed by atoms with Crippen LogP contribution >= 0.6 is 0 Å². The second-order valence-corrected chi connectivity index (χ2v) is 9.61. The number of rotatable bonds is 6. The Morgan fingerprint density at radius 1 is 0.833 bits per heavy atom. The van der Waals surface area contributed by atoms with Gasteiger partial charge in [-0.05, 0) is 55.9 Å². The normalized spacial score (nSPS) is 19.7. The number of nitrogens with one attached hydrogen (secondary N) is 2. The fraction of sp³-hybridized carbons (Fsp3) is 0.276. The second-order valence-electron chi connectivity index (χ2n) is 9.61. The van der Waals surface area contributed by atoms with Crippen LogP contribution in [0.4, 0.5) is 5.69 Å². The highest BCUT2D eigenvalue weighted by Crippen LogP contribution is 2.33. The van der Waals surface area contributed by atoms with Crippen molar-refractivity contribution in [2.75, 3.05) is 5.32 Å². The molecular weight excluding hydrogens is 454 g/mol. The largest absolute Gasteiger partial charge is 0.508 e. The van der Waals surface area contributed by atoms with E-state index in [2.05, 4.69) is 10.6 Å². The number of hydrogen-bond acceptors (Lipinski definition) is 6. The Morgan fingerprint density at radius 2 is 1.44 bits per heavy atom. The molecule has 2 aliphatic carbocycles. The zero-order chi connectivity index (χ0) is 25.2. The van der Waals surface area contributed by atoms with Gasteiger partial charge in [0.25, 0.3) is 0 Å². The predicted molar refractivity (Wildman–Crippen MR) is 137 cm³/mol. The van der Waals surface area contributed by atoms with Gasteiger partial charge in [0.1, 0.15) is 5.75 Å². The van der Waals surface area contributed by atoms with Crippen LogP contribution in [0.1, 0.15) is 63.1 Å². The predicted octanol–water partition coefficient (Wildman–Crippen LogP) is 3.58. The van der Waals surface area contributed by atoms with Crippen LogP contribution in [0, 0.1) is 0 Å². The van der Waals surface area contributed by atoms with E-state index in [1.807, 2.05) is 12.1 Å². The third kappa shape index (κ3) is 4.75. The average molecular weight is 484 g/mol. The lowest BCUT2D eigenvalue weighted by Crippen LogP contribution is -2.48. The Morgan fingerprint density at radius 3 is 2.14 bits per heavy atom. The highest BCUT2D eigenvalue weighted by atomic mass is 16.3. The van der Waals surface area contributed by atoms with Crippen molar-refractivity contribution in [3.63, 3.8) is 0 Å². The third-order valence-corrected chi connectivity index (χ3v) is 7.11. The number of phenolic OH excluding ortho intramolecular Hbond substituents is 1. The SMILES string of the molecule is N[C@@H](Cc1ccc(O)cc1)C(=O)NC1CCC(Nc2cccc3c2C(=O)c2ccccc2C3=O)CC1. The van der Waals surface area contributed by atoms with Crippen LogP contribution in [0.25, 0.3) is 0 Å². The third-order valence-electron chi connectivity index (χ3n) is 7.11. The maximum Gasteiger partial charge on any atom is 0.237 e. The van der Waals surface area contributed by atoms with E-state index < -0.39 is 6.04 Å². The molecule has 1 amide bonds. The summed E-state index contributed by atoms with van der Waals surface area (Å²) in [5.41, 5.74) is 9.46. The van der Waals surface area contributed by atoms with E-state index in [9.17, 15) is 19.5 Å². The van der Waals surface area contributed by atoms with Crippen molar-refractivity contribution in [2.24, 2.45) is 5.73 Å². The molecule has 0 aromatic heterocycles. The van der Waals surface area contributed by atoms with E-state index in [1.165, 1.54) is 0 Å². The summed E-state index contributed by atoms with van der Waals surface area (Å²) in [6.07, 6.45) is 3.62. The minimum Gasteiger partial charge on any atom is -0.508 e. The molecule has 5 rings (SSSR count). The molecule has 0 aliphatic heterocycles. The molecule has 0 spiro atoms. The van der Waals surface area contributed by atoms with E-state index in [-0.39, 0.29) is 35.3 Å². The molecule has 1 atom stereocenters. The number of ketones is 2. The highest BCUT2D eigenvalue weighted by Gasteiger charge is 2.32. The molecule has 0 unspecified atom stereocenters. The van der Waals surface area contributed by atoms with E-state index in [1.54, 1.807) is 54.6 Å². The van der Waals surface area contributed by atoms with Crippen LogP contribution < -0.4 is 16.4 Å². The Kier molecular flexibility index (Phi) is 6.57. The number of anilines is 1. The van der Waals surface area contributed by atoms with Crippen LogP contribution in [-0.2, 0) is 11.2 Å². The summed E-state index contributed by atoms with van der Waals surface area (Å²) < 4.78 is 0. The van der Waals surface area contributed by atoms with Crippen molar-refractivity contribution in [2.45, 2.75) is 50.2 Å². The van der Waals surface area contributed by atoms with Gasteiger partial charge in [-0.15, -0.1) is 0 Å². The summed E-state index contributed by atoms with van der Waals surface area (Å²) >= 11 is 0. The number of benzene rings is 3. The fourth-order valence-corrected chi connectivity index (χ4v) is 5.15. The number of fused-ring (bicyclic) bond motifs is 2. The van der Waals surface area contributed by atoms with Crippen molar-refractivity contribution < 1.29 is 19.5 Å². The standard InChI is InChI=1S/C29H29N3O4/c30-24(16-17-8-14-20(33)15-9-17)29(36)32-19-12-10-18(11-13-19)31-25-7-3-6-23-26(25)28(35)22-5-2-1-4-21(22)27(23)34/h1-9,14-15,18-19,24,31,33H,10-13,16,30H2,(H,32,36)/t18?,19?,24-/m0/s1. The molecule has 3 aromatic rings. The molecule has 2 aliphatic rings. The maximum atomic E-state index is 13.2. The van der Waals surface area contributed by atoms with E-state index >= 15 is 0 Å². The van der Waals surface area contributed by atoms with Crippen LogP contribution in [0.5, 0.6) is 5.75 Å². The molecule has 7 heteroatoms. The van der Waals surface area contributed by atoms with Gasteiger partial charge in [-0.2, -0.15) is 0 Å². The van der Waals surface area contributed by atoms with Crippen molar-refractivity contribution >= 4 is 23.2 Å². The molecule has 7 nitrogen and oxygen atoms in total. The number of hydrogen-bond donors (Lipinski definition) is 4. The lowest BCUT2D eigenvalue weighted by atomic mass is 9.83. The van der Waals surface area contributed by atoms with Gasteiger partial charge in [0.2, 0.25) is 5.91 Å². The molecule has 5 N–H and O–H groups in total. The van der Waals surface area contributed by atoms with Gasteiger partial charge in [0, 0.05) is 34.5 Å². The average Bonchev–Trinajstić information content (AvgIpc) is 2.89. The van der Waals surface area contributed by atoms with Gasteiger partial charge in [-0.1, -0.05) is 48.5 Å². The summed E-state index contributed by atoms with van der Waals surface area (Å²) in [4.78, 5) is 38.8. The van der Waals surface area contributed by atoms with Crippen molar-refractivity contribution in [1.82, 2.24) is 5.32 Å². The summed E-state index contributed by atoms with van der Waals surface area (Å²) in [6, 6.07) is 18.5. The fourth-order valence-electron chi connectivity index (χ4n) is 5.15. The number of amides is 1. The highest BCUT2D eigenvalue weighted by molar-refractivity contribution is 6.30. The van der Waals surface area contributed by atoms with Gasteiger partial charge < -0.3 is 21.5 Å². The zero-order valence-electron chi connectivity index (χ0n) is 19.9. The van der Waals surface area contributed by atoms with Crippen LogP contribution in [-0.4, -0.2) is 40.7 Å². The molecule has 0 heterocycles. The van der Waals surface area contributed by atoms with E-state index in [4.69, 9.17) is 5.73 Å². The topological polar surface area (TPSA) is 122 Å². The van der Waals surface area contributed by atoms with Gasteiger partial charge in [-0.3, -0.25) is 14.4 Å². The molecule has 0 saturated heterocycles. The minimum atomic E-state index is -0.660. The first kappa shape index (κ1) is 23.8. The lowest BCUT2D eigenvalue weighted by Gasteiger charge is -2.32. The molecule has 1 fully saturated rings. The molecule has 184 valence electrons. The van der Waals surface area contributed by atoms with Gasteiger partial charge in [-0.25, -0.2) is 0 Å². The van der Waals surface area contributed by atoms with Crippen LogP contribution in [0.2, 0.25) is 0 Å². The maximum absolute atomic E-state index is 13.2. The van der Waals surface area contributed by atoms with Gasteiger partial charge in [0.05, 0.1) is 11.6 Å². The van der Waals surface area contributed by atoms with Gasteiger partial charge >= 0.3 is 0 Å². The van der Waals surface area contributed by atoms with Crippen LogP contribution in [0.15, 0.2) is 66.7 Å². The summed E-state index contributed by atoms with van der Waals surface area (Å²) in [6.45, 7) is 0. The number of nitrogens with two attached hydrogens (primary N) is 1. The quantitative estimate of drug-likeness (QED) is 0.333. The number of aromatic hydroxyl groups is 1. The monoisotopic (exact) mass is 483 g/mol. The second kappa shape index (κ2) is 9.95. The molecule has 1 saturated carbocycles. The smallest absolute Gasteiger partial charge is 0.237 e. The Labute approximate surface area is 209 Å². The van der Waals surface area contributed by atoms with Crippen LogP contribution in [0.3, 0.4) is 0 Å². The van der Waals surface area contributed by atoms with Crippen molar-refractivity contribution in [3.8, 4) is 5.75 Å². The number of phenols is 1. The number of carbonyl (C=O) groups is 3.